The lowest BCUT2D eigenvalue weighted by atomic mass is 10.1. The van der Waals surface area contributed by atoms with Crippen molar-refractivity contribution in [3.05, 3.63) is 53.9 Å². The van der Waals surface area contributed by atoms with Crippen LogP contribution in [0.3, 0.4) is 0 Å². The van der Waals surface area contributed by atoms with Crippen LogP contribution in [0, 0.1) is 0 Å². The van der Waals surface area contributed by atoms with Gasteiger partial charge in [-0.1, -0.05) is 36.4 Å². The van der Waals surface area contributed by atoms with Gasteiger partial charge in [-0.05, 0) is 38.0 Å². The number of carbonyl (C=O) groups is 1. The van der Waals surface area contributed by atoms with E-state index in [1.807, 2.05) is 30.3 Å². The minimum atomic E-state index is -3.33. The van der Waals surface area contributed by atoms with Crippen LogP contribution in [0.5, 0.6) is 0 Å². The van der Waals surface area contributed by atoms with Gasteiger partial charge in [0.05, 0.1) is 13.2 Å². The summed E-state index contributed by atoms with van der Waals surface area (Å²) in [6.45, 7) is 5.54. The first kappa shape index (κ1) is 17.6. The number of ketones is 1. The van der Waals surface area contributed by atoms with Gasteiger partial charge in [-0.3, -0.25) is 9.36 Å². The lowest BCUT2D eigenvalue weighted by Crippen LogP contribution is -1.94. The van der Waals surface area contributed by atoms with Crippen molar-refractivity contribution in [1.29, 1.82) is 0 Å². The van der Waals surface area contributed by atoms with Crippen molar-refractivity contribution in [2.24, 2.45) is 0 Å². The lowest BCUT2D eigenvalue weighted by Gasteiger charge is -2.14. The molecular formula is C16H21O4P. The smallest absolute Gasteiger partial charge is 0.306 e. The van der Waals surface area contributed by atoms with E-state index in [-0.39, 0.29) is 19.0 Å². The predicted octanol–water partition coefficient (Wildman–Crippen LogP) is 4.44. The average Bonchev–Trinajstić information content (AvgIpc) is 2.45. The molecule has 0 aromatic heterocycles. The van der Waals surface area contributed by atoms with Crippen molar-refractivity contribution in [2.75, 3.05) is 13.2 Å². The van der Waals surface area contributed by atoms with Gasteiger partial charge in [0.1, 0.15) is 0 Å². The van der Waals surface area contributed by atoms with Gasteiger partial charge >= 0.3 is 7.60 Å². The van der Waals surface area contributed by atoms with Crippen LogP contribution in [-0.2, 0) is 18.4 Å². The van der Waals surface area contributed by atoms with Crippen LogP contribution in [0.4, 0.5) is 0 Å². The molecule has 0 spiro atoms. The van der Waals surface area contributed by atoms with Gasteiger partial charge in [0, 0.05) is 5.82 Å². The van der Waals surface area contributed by atoms with Gasteiger partial charge < -0.3 is 9.05 Å². The van der Waals surface area contributed by atoms with Crippen LogP contribution < -0.4 is 0 Å². The molecule has 1 rings (SSSR count). The summed E-state index contributed by atoms with van der Waals surface area (Å²) < 4.78 is 23.1. The Kier molecular flexibility index (Phi) is 7.30. The molecule has 0 aliphatic carbocycles. The first-order chi connectivity index (χ1) is 10.0. The zero-order chi connectivity index (χ0) is 15.7. The SMILES string of the molecule is CCOP(=O)(/C=C(/C=C/C(C)=O)c1ccccc1)OCC. The second-order valence-corrected chi connectivity index (χ2v) is 6.12. The average molecular weight is 308 g/mol. The summed E-state index contributed by atoms with van der Waals surface area (Å²) in [4.78, 5) is 11.2. The molecule has 0 aliphatic heterocycles. The normalized spacial score (nSPS) is 12.8. The highest BCUT2D eigenvalue weighted by Crippen LogP contribution is 2.51. The summed E-state index contributed by atoms with van der Waals surface area (Å²) >= 11 is 0. The molecule has 0 aliphatic rings. The summed E-state index contributed by atoms with van der Waals surface area (Å²) in [6.07, 6.45) is 3.06. The molecule has 0 amide bonds. The third kappa shape index (κ3) is 6.21. The topological polar surface area (TPSA) is 52.6 Å². The molecule has 0 heterocycles. The molecule has 0 atom stereocenters. The minimum Gasteiger partial charge on any atom is -0.306 e. The fraction of sp³-hybridized carbons (Fsp3) is 0.312. The molecule has 4 nitrogen and oxygen atoms in total. The number of hydrogen-bond acceptors (Lipinski definition) is 4. The number of allylic oxidation sites excluding steroid dienone is 3. The number of hydrogen-bond donors (Lipinski definition) is 0. The summed E-state index contributed by atoms with van der Waals surface area (Å²) in [5, 5.41) is 0. The zero-order valence-corrected chi connectivity index (χ0v) is 13.5. The summed E-state index contributed by atoms with van der Waals surface area (Å²) in [6, 6.07) is 9.38. The molecule has 0 radical (unpaired) electrons. The van der Waals surface area contributed by atoms with Crippen LogP contribution in [0.25, 0.3) is 5.57 Å². The maximum absolute atomic E-state index is 12.6. The van der Waals surface area contributed by atoms with E-state index in [1.54, 1.807) is 19.9 Å². The highest BCUT2D eigenvalue weighted by atomic mass is 31.2. The molecule has 5 heteroatoms. The maximum atomic E-state index is 12.6. The summed E-state index contributed by atoms with van der Waals surface area (Å²) in [5.74, 6) is 1.38. The maximum Gasteiger partial charge on any atom is 0.354 e. The van der Waals surface area contributed by atoms with Gasteiger partial charge in [-0.25, -0.2) is 0 Å². The van der Waals surface area contributed by atoms with Crippen molar-refractivity contribution < 1.29 is 18.4 Å². The molecule has 1 aromatic carbocycles. The summed E-state index contributed by atoms with van der Waals surface area (Å²) in [7, 11) is -3.33. The number of rotatable bonds is 8. The largest absolute Gasteiger partial charge is 0.354 e. The monoisotopic (exact) mass is 308 g/mol. The fourth-order valence-electron chi connectivity index (χ4n) is 1.69. The number of benzene rings is 1. The van der Waals surface area contributed by atoms with Crippen LogP contribution in [0.2, 0.25) is 0 Å². The fourth-order valence-corrected chi connectivity index (χ4v) is 3.21. The van der Waals surface area contributed by atoms with Crippen molar-refractivity contribution in [1.82, 2.24) is 0 Å². The molecule has 1 aromatic rings. The standard InChI is InChI=1S/C16H21O4P/c1-4-19-21(18,20-5-2)13-16(12-11-14(3)17)15-9-7-6-8-10-15/h6-13H,4-5H2,1-3H3/b12-11+,16-13-. The van der Waals surface area contributed by atoms with Crippen molar-refractivity contribution in [3.8, 4) is 0 Å². The van der Waals surface area contributed by atoms with Crippen LogP contribution in [0.15, 0.2) is 48.3 Å². The molecule has 0 bridgehead atoms. The first-order valence-corrected chi connectivity index (χ1v) is 8.47. The Morgan fingerprint density at radius 3 is 2.14 bits per heavy atom. The molecule has 0 saturated heterocycles. The highest BCUT2D eigenvalue weighted by Gasteiger charge is 2.21. The van der Waals surface area contributed by atoms with E-state index in [1.165, 1.54) is 18.8 Å². The van der Waals surface area contributed by atoms with E-state index >= 15 is 0 Å². The lowest BCUT2D eigenvalue weighted by molar-refractivity contribution is -0.112. The van der Waals surface area contributed by atoms with E-state index in [0.29, 0.717) is 5.57 Å². The van der Waals surface area contributed by atoms with Gasteiger partial charge in [-0.2, -0.15) is 0 Å². The van der Waals surface area contributed by atoms with Gasteiger partial charge in [0.15, 0.2) is 5.78 Å². The van der Waals surface area contributed by atoms with Crippen molar-refractivity contribution in [2.45, 2.75) is 20.8 Å². The molecule has 0 unspecified atom stereocenters. The third-order valence-corrected chi connectivity index (χ3v) is 4.35. The van der Waals surface area contributed by atoms with E-state index in [0.717, 1.165) is 5.56 Å². The van der Waals surface area contributed by atoms with Gasteiger partial charge in [0.2, 0.25) is 0 Å². The molecule has 21 heavy (non-hydrogen) atoms. The first-order valence-electron chi connectivity index (χ1n) is 6.86. The van der Waals surface area contributed by atoms with E-state index in [4.69, 9.17) is 9.05 Å². The minimum absolute atomic E-state index is 0.0838. The Balaban J connectivity index is 3.24. The second kappa shape index (κ2) is 8.73. The Hall–Kier alpha value is -1.48. The van der Waals surface area contributed by atoms with Gasteiger partial charge in [0.25, 0.3) is 0 Å². The Morgan fingerprint density at radius 2 is 1.67 bits per heavy atom. The third-order valence-electron chi connectivity index (χ3n) is 2.52. The Labute approximate surface area is 126 Å². The van der Waals surface area contributed by atoms with Crippen LogP contribution >= 0.6 is 7.60 Å². The van der Waals surface area contributed by atoms with Crippen molar-refractivity contribution >= 4 is 19.0 Å². The zero-order valence-electron chi connectivity index (χ0n) is 12.6. The Bertz CT molecular complexity index is 551. The quantitative estimate of drug-likeness (QED) is 0.405. The van der Waals surface area contributed by atoms with E-state index < -0.39 is 7.60 Å². The molecule has 0 saturated carbocycles. The van der Waals surface area contributed by atoms with Gasteiger partial charge in [-0.15, -0.1) is 0 Å². The number of carbonyl (C=O) groups excluding carboxylic acids is 1. The van der Waals surface area contributed by atoms with Crippen molar-refractivity contribution in [3.63, 3.8) is 0 Å². The molecule has 114 valence electrons. The second-order valence-electron chi connectivity index (χ2n) is 4.27. The molecular weight excluding hydrogens is 287 g/mol. The summed E-state index contributed by atoms with van der Waals surface area (Å²) in [5.41, 5.74) is 1.48. The molecule has 0 N–H and O–H groups in total. The van der Waals surface area contributed by atoms with E-state index in [9.17, 15) is 9.36 Å². The predicted molar refractivity (Wildman–Crippen MR) is 85.1 cm³/mol. The van der Waals surface area contributed by atoms with Crippen LogP contribution in [-0.4, -0.2) is 19.0 Å². The van der Waals surface area contributed by atoms with Crippen LogP contribution in [0.1, 0.15) is 26.3 Å². The van der Waals surface area contributed by atoms with E-state index in [2.05, 4.69) is 0 Å². The Morgan fingerprint density at radius 1 is 1.10 bits per heavy atom. The highest BCUT2D eigenvalue weighted by molar-refractivity contribution is 7.57. The molecule has 0 fully saturated rings.